The second kappa shape index (κ2) is 9.55. The molecule has 1 aliphatic heterocycles. The van der Waals surface area contributed by atoms with Crippen LogP contribution in [0, 0.1) is 5.92 Å². The van der Waals surface area contributed by atoms with Gasteiger partial charge in [0.15, 0.2) is 5.69 Å². The number of nitrogens with one attached hydrogen (secondary N) is 1. The average molecular weight is 492 g/mol. The number of ether oxygens (including phenoxy) is 1. The highest BCUT2D eigenvalue weighted by Gasteiger charge is 2.42. The summed E-state index contributed by atoms with van der Waals surface area (Å²) in [6.45, 7) is 4.29. The lowest BCUT2D eigenvalue weighted by atomic mass is 10.2. The molecule has 0 bridgehead atoms. The number of likely N-dealkylation sites (tertiary alicyclic amines) is 1. The number of benzene rings is 1. The first-order valence-corrected chi connectivity index (χ1v) is 10.4. The molecule has 1 aromatic carbocycles. The molecule has 2 heterocycles. The molecule has 1 N–H and O–H groups in total. The van der Waals surface area contributed by atoms with Crippen molar-refractivity contribution in [1.82, 2.24) is 14.7 Å². The van der Waals surface area contributed by atoms with Crippen LogP contribution in [0.15, 0.2) is 30.3 Å². The van der Waals surface area contributed by atoms with Crippen molar-refractivity contribution in [2.75, 3.05) is 18.5 Å². The summed E-state index contributed by atoms with van der Waals surface area (Å²) < 4.78 is 83.7. The first-order chi connectivity index (χ1) is 15.8. The van der Waals surface area contributed by atoms with Crippen molar-refractivity contribution < 1.29 is 40.7 Å². The monoisotopic (exact) mass is 492 g/mol. The minimum Gasteiger partial charge on any atom is -0.449 e. The SMILES string of the molecule is CC(C)COC(=O)N1CCCC1C(=O)Nc1ccc(-n2nc(C(F)(F)F)cc2C(F)(F)F)cc1. The first kappa shape index (κ1) is 25.4. The van der Waals surface area contributed by atoms with E-state index in [2.05, 4.69) is 10.4 Å². The highest BCUT2D eigenvalue weighted by molar-refractivity contribution is 5.96. The maximum Gasteiger partial charge on any atom is 0.435 e. The molecule has 2 aromatic rings. The Kier molecular flexibility index (Phi) is 7.13. The molecular weight excluding hydrogens is 470 g/mol. The highest BCUT2D eigenvalue weighted by atomic mass is 19.4. The summed E-state index contributed by atoms with van der Waals surface area (Å²) in [6, 6.07) is 3.82. The van der Waals surface area contributed by atoms with Crippen LogP contribution in [-0.2, 0) is 21.9 Å². The zero-order valence-corrected chi connectivity index (χ0v) is 18.2. The lowest BCUT2D eigenvalue weighted by Gasteiger charge is -2.23. The molecule has 34 heavy (non-hydrogen) atoms. The topological polar surface area (TPSA) is 76.5 Å². The molecule has 13 heteroatoms. The Morgan fingerprint density at radius 1 is 1.12 bits per heavy atom. The predicted molar refractivity (Wildman–Crippen MR) is 108 cm³/mol. The largest absolute Gasteiger partial charge is 0.449 e. The Hall–Kier alpha value is -3.25. The van der Waals surface area contributed by atoms with Crippen LogP contribution in [-0.4, -0.2) is 45.9 Å². The Morgan fingerprint density at radius 3 is 2.32 bits per heavy atom. The maximum atomic E-state index is 13.2. The second-order valence-corrected chi connectivity index (χ2v) is 8.18. The fourth-order valence-corrected chi connectivity index (χ4v) is 3.41. The number of hydrogen-bond acceptors (Lipinski definition) is 4. The van der Waals surface area contributed by atoms with Crippen LogP contribution >= 0.6 is 0 Å². The van der Waals surface area contributed by atoms with Gasteiger partial charge in [0.2, 0.25) is 5.91 Å². The van der Waals surface area contributed by atoms with E-state index in [1.807, 2.05) is 13.8 Å². The van der Waals surface area contributed by atoms with Gasteiger partial charge in [-0.25, -0.2) is 9.48 Å². The number of anilines is 1. The Labute approximate surface area is 190 Å². The van der Waals surface area contributed by atoms with Crippen LogP contribution in [0.2, 0.25) is 0 Å². The van der Waals surface area contributed by atoms with Crippen LogP contribution < -0.4 is 5.32 Å². The molecule has 1 unspecified atom stereocenters. The van der Waals surface area contributed by atoms with E-state index in [-0.39, 0.29) is 34.6 Å². The summed E-state index contributed by atoms with van der Waals surface area (Å²) >= 11 is 0. The van der Waals surface area contributed by atoms with Gasteiger partial charge in [0.1, 0.15) is 11.7 Å². The number of halogens is 6. The van der Waals surface area contributed by atoms with Gasteiger partial charge in [-0.15, -0.1) is 0 Å². The van der Waals surface area contributed by atoms with Gasteiger partial charge in [-0.3, -0.25) is 9.69 Å². The van der Waals surface area contributed by atoms with Crippen LogP contribution in [0.3, 0.4) is 0 Å². The van der Waals surface area contributed by atoms with E-state index in [0.29, 0.717) is 19.4 Å². The number of alkyl halides is 6. The van der Waals surface area contributed by atoms with E-state index < -0.39 is 41.8 Å². The molecule has 1 atom stereocenters. The van der Waals surface area contributed by atoms with E-state index in [4.69, 9.17) is 4.74 Å². The fourth-order valence-electron chi connectivity index (χ4n) is 3.41. The van der Waals surface area contributed by atoms with Crippen LogP contribution in [0.1, 0.15) is 38.1 Å². The third-order valence-electron chi connectivity index (χ3n) is 5.00. The van der Waals surface area contributed by atoms with Crippen molar-refractivity contribution in [3.63, 3.8) is 0 Å². The molecule has 1 aromatic heterocycles. The van der Waals surface area contributed by atoms with Gasteiger partial charge in [-0.2, -0.15) is 31.4 Å². The number of carbonyl (C=O) groups is 2. The quantitative estimate of drug-likeness (QED) is 0.589. The van der Waals surface area contributed by atoms with Crippen molar-refractivity contribution in [2.24, 2.45) is 5.92 Å². The Bertz CT molecular complexity index is 1030. The van der Waals surface area contributed by atoms with Gasteiger partial charge < -0.3 is 10.1 Å². The normalized spacial score (nSPS) is 16.7. The summed E-state index contributed by atoms with van der Waals surface area (Å²) in [5.41, 5.74) is -3.35. The van der Waals surface area contributed by atoms with Crippen LogP contribution in [0.5, 0.6) is 0 Å². The molecule has 186 valence electrons. The van der Waals surface area contributed by atoms with Gasteiger partial charge in [-0.1, -0.05) is 13.8 Å². The number of carbonyl (C=O) groups excluding carboxylic acids is 2. The van der Waals surface area contributed by atoms with Crippen molar-refractivity contribution in [1.29, 1.82) is 0 Å². The van der Waals surface area contributed by atoms with Crippen LogP contribution in [0.4, 0.5) is 36.8 Å². The van der Waals surface area contributed by atoms with Crippen molar-refractivity contribution in [3.05, 3.63) is 41.7 Å². The van der Waals surface area contributed by atoms with E-state index >= 15 is 0 Å². The standard InChI is InChI=1S/C21H22F6N4O3/c1-12(2)11-34-19(33)30-9-3-4-15(30)18(32)28-13-5-7-14(8-6-13)31-17(21(25,26)27)10-16(29-31)20(22,23)24/h5-8,10,12,15H,3-4,9,11H2,1-2H3,(H,28,32). The van der Waals surface area contributed by atoms with E-state index in [1.165, 1.54) is 17.0 Å². The average Bonchev–Trinajstić information content (AvgIpc) is 3.39. The van der Waals surface area contributed by atoms with Gasteiger partial charge in [0, 0.05) is 18.3 Å². The third-order valence-corrected chi connectivity index (χ3v) is 5.00. The van der Waals surface area contributed by atoms with Gasteiger partial charge in [-0.05, 0) is 43.0 Å². The van der Waals surface area contributed by atoms with E-state index in [0.717, 1.165) is 12.1 Å². The molecule has 3 rings (SSSR count). The number of aromatic nitrogens is 2. The molecule has 7 nitrogen and oxygen atoms in total. The predicted octanol–water partition coefficient (Wildman–Crippen LogP) is 5.11. The molecule has 0 saturated carbocycles. The molecule has 1 fully saturated rings. The molecule has 0 radical (unpaired) electrons. The molecule has 1 saturated heterocycles. The second-order valence-electron chi connectivity index (χ2n) is 8.18. The number of amides is 2. The van der Waals surface area contributed by atoms with Crippen molar-refractivity contribution in [3.8, 4) is 5.69 Å². The molecule has 1 aliphatic rings. The van der Waals surface area contributed by atoms with Gasteiger partial charge in [0.05, 0.1) is 12.3 Å². The zero-order valence-electron chi connectivity index (χ0n) is 18.2. The molecule has 0 aliphatic carbocycles. The fraction of sp³-hybridized carbons (Fsp3) is 0.476. The minimum atomic E-state index is -5.07. The summed E-state index contributed by atoms with van der Waals surface area (Å²) in [7, 11) is 0. The van der Waals surface area contributed by atoms with Crippen molar-refractivity contribution in [2.45, 2.75) is 45.1 Å². The van der Waals surface area contributed by atoms with E-state index in [1.54, 1.807) is 0 Å². The summed E-state index contributed by atoms with van der Waals surface area (Å²) in [4.78, 5) is 26.2. The Balaban J connectivity index is 1.75. The summed E-state index contributed by atoms with van der Waals surface area (Å²) in [6.07, 6.45) is -9.74. The molecule has 2 amide bonds. The van der Waals surface area contributed by atoms with Crippen molar-refractivity contribution >= 4 is 17.7 Å². The lowest BCUT2D eigenvalue weighted by molar-refractivity contribution is -0.143. The zero-order chi connectivity index (χ0) is 25.3. The maximum absolute atomic E-state index is 13.2. The van der Waals surface area contributed by atoms with Gasteiger partial charge in [0.25, 0.3) is 0 Å². The highest BCUT2D eigenvalue weighted by Crippen LogP contribution is 2.36. The van der Waals surface area contributed by atoms with Crippen LogP contribution in [0.25, 0.3) is 5.69 Å². The van der Waals surface area contributed by atoms with Gasteiger partial charge >= 0.3 is 18.4 Å². The van der Waals surface area contributed by atoms with E-state index in [9.17, 15) is 35.9 Å². The summed E-state index contributed by atoms with van der Waals surface area (Å²) in [5, 5.41) is 5.62. The number of hydrogen-bond donors (Lipinski definition) is 1. The lowest BCUT2D eigenvalue weighted by Crippen LogP contribution is -2.43. The first-order valence-electron chi connectivity index (χ1n) is 10.4. The summed E-state index contributed by atoms with van der Waals surface area (Å²) in [5.74, 6) is -0.390. The molecular formula is C21H22F6N4O3. The number of rotatable bonds is 5. The third kappa shape index (κ3) is 5.81. The smallest absolute Gasteiger partial charge is 0.435 e. The molecule has 0 spiro atoms. The number of nitrogens with zero attached hydrogens (tertiary/aromatic N) is 3. The minimum absolute atomic E-state index is 0.0667. The Morgan fingerprint density at radius 2 is 1.76 bits per heavy atom.